The molecular weight excluding hydrogens is 390 g/mol. The summed E-state index contributed by atoms with van der Waals surface area (Å²) in [6.45, 7) is 4.20. The lowest BCUT2D eigenvalue weighted by molar-refractivity contribution is -0.121. The minimum Gasteiger partial charge on any atom is -0.497 e. The average Bonchev–Trinajstić information content (AvgIpc) is 3.21. The zero-order valence-corrected chi connectivity index (χ0v) is 17.2. The van der Waals surface area contributed by atoms with Crippen LogP contribution in [0.1, 0.15) is 0 Å². The van der Waals surface area contributed by atoms with Gasteiger partial charge in [0.1, 0.15) is 10.7 Å². The highest BCUT2D eigenvalue weighted by Gasteiger charge is 2.38. The van der Waals surface area contributed by atoms with Crippen LogP contribution < -0.4 is 9.64 Å². The first-order chi connectivity index (χ1) is 13.6. The zero-order valence-electron chi connectivity index (χ0n) is 15.6. The Bertz CT molecular complexity index is 999. The Morgan fingerprint density at radius 2 is 1.89 bits per heavy atom. The van der Waals surface area contributed by atoms with Crippen LogP contribution in [0.15, 0.2) is 81.0 Å². The Morgan fingerprint density at radius 1 is 1.14 bits per heavy atom. The van der Waals surface area contributed by atoms with Gasteiger partial charge in [0.25, 0.3) is 5.91 Å². The van der Waals surface area contributed by atoms with Crippen LogP contribution in [0.3, 0.4) is 0 Å². The molecule has 2 aliphatic rings. The molecule has 4 rings (SSSR count). The topological polar surface area (TPSA) is 45.1 Å². The fourth-order valence-electron chi connectivity index (χ4n) is 2.98. The highest BCUT2D eigenvalue weighted by Crippen LogP contribution is 2.49. The van der Waals surface area contributed by atoms with Crippen LogP contribution in [-0.2, 0) is 4.79 Å². The first kappa shape index (κ1) is 18.7. The van der Waals surface area contributed by atoms with Crippen molar-refractivity contribution in [3.8, 4) is 5.75 Å². The minimum absolute atomic E-state index is 0.0423. The van der Waals surface area contributed by atoms with Gasteiger partial charge in [0, 0.05) is 18.5 Å². The summed E-state index contributed by atoms with van der Waals surface area (Å²) in [4.78, 5) is 23.4. The van der Waals surface area contributed by atoms with Crippen LogP contribution in [0.2, 0.25) is 0 Å². The van der Waals surface area contributed by atoms with E-state index in [2.05, 4.69) is 23.6 Å². The average molecular weight is 410 g/mol. The van der Waals surface area contributed by atoms with Gasteiger partial charge in [0.05, 0.1) is 23.5 Å². The smallest absolute Gasteiger partial charge is 0.269 e. The molecule has 0 radical (unpaired) electrons. The second-order valence-electron chi connectivity index (χ2n) is 6.16. The summed E-state index contributed by atoms with van der Waals surface area (Å²) in [5.74, 6) is 0.728. The quantitative estimate of drug-likeness (QED) is 0.533. The van der Waals surface area contributed by atoms with E-state index in [4.69, 9.17) is 9.73 Å². The van der Waals surface area contributed by atoms with Crippen LogP contribution >= 0.6 is 23.5 Å². The van der Waals surface area contributed by atoms with Crippen molar-refractivity contribution in [2.45, 2.75) is 4.90 Å². The van der Waals surface area contributed by atoms with Crippen molar-refractivity contribution in [1.82, 2.24) is 4.90 Å². The van der Waals surface area contributed by atoms with Crippen molar-refractivity contribution in [1.29, 1.82) is 0 Å². The molecule has 0 aromatic heterocycles. The van der Waals surface area contributed by atoms with Crippen LogP contribution in [0.5, 0.6) is 5.75 Å². The Morgan fingerprint density at radius 3 is 2.57 bits per heavy atom. The molecule has 1 saturated heterocycles. The molecule has 142 valence electrons. The van der Waals surface area contributed by atoms with Gasteiger partial charge in [-0.3, -0.25) is 9.69 Å². The minimum atomic E-state index is -0.0423. The molecule has 1 amide bonds. The lowest BCUT2D eigenvalue weighted by atomic mass is 10.3. The molecule has 28 heavy (non-hydrogen) atoms. The molecule has 2 aromatic carbocycles. The molecule has 0 N–H and O–H groups in total. The molecule has 1 fully saturated rings. The van der Waals surface area contributed by atoms with E-state index in [1.54, 1.807) is 29.8 Å². The number of carbonyl (C=O) groups is 1. The van der Waals surface area contributed by atoms with Crippen molar-refractivity contribution < 1.29 is 9.53 Å². The summed E-state index contributed by atoms with van der Waals surface area (Å²) in [6, 6.07) is 15.6. The maximum Gasteiger partial charge on any atom is 0.269 e. The number of nitrogens with zero attached hydrogens (tertiary/aromatic N) is 3. The van der Waals surface area contributed by atoms with Gasteiger partial charge in [0.15, 0.2) is 5.17 Å². The third kappa shape index (κ3) is 3.31. The standard InChI is InChI=1S/C21H19N3O2S2/c1-4-13-24-19(25)18(20-23(2)16-7-5-6-8-17(16)27-20)28-21(24)22-14-9-11-15(26-3)12-10-14/h4-12H,1,13H2,2-3H3/b20-18-,22-21?. The van der Waals surface area contributed by atoms with Gasteiger partial charge in [0.2, 0.25) is 0 Å². The van der Waals surface area contributed by atoms with Crippen molar-refractivity contribution in [3.05, 3.63) is 71.1 Å². The molecule has 0 spiro atoms. The third-order valence-electron chi connectivity index (χ3n) is 4.40. The summed E-state index contributed by atoms with van der Waals surface area (Å²) in [5, 5.41) is 1.59. The van der Waals surface area contributed by atoms with E-state index < -0.39 is 0 Å². The van der Waals surface area contributed by atoms with Gasteiger partial charge < -0.3 is 9.64 Å². The van der Waals surface area contributed by atoms with Gasteiger partial charge in [-0.25, -0.2) is 4.99 Å². The summed E-state index contributed by atoms with van der Waals surface area (Å²) in [6.07, 6.45) is 1.72. The van der Waals surface area contributed by atoms with E-state index in [0.717, 1.165) is 27.0 Å². The lowest BCUT2D eigenvalue weighted by Gasteiger charge is -2.15. The molecule has 5 nitrogen and oxygen atoms in total. The molecule has 0 bridgehead atoms. The number of benzene rings is 2. The summed E-state index contributed by atoms with van der Waals surface area (Å²) < 4.78 is 5.20. The van der Waals surface area contributed by atoms with E-state index in [0.29, 0.717) is 16.6 Å². The molecule has 7 heteroatoms. The largest absolute Gasteiger partial charge is 0.497 e. The van der Waals surface area contributed by atoms with Crippen LogP contribution in [0.25, 0.3) is 0 Å². The zero-order chi connectivity index (χ0) is 19.7. The number of ether oxygens (including phenoxy) is 1. The Balaban J connectivity index is 1.71. The molecule has 0 atom stereocenters. The monoisotopic (exact) mass is 409 g/mol. The number of para-hydroxylation sites is 1. The van der Waals surface area contributed by atoms with Crippen molar-refractivity contribution in [2.75, 3.05) is 25.6 Å². The molecule has 2 aliphatic heterocycles. The third-order valence-corrected chi connectivity index (χ3v) is 6.84. The summed E-state index contributed by atoms with van der Waals surface area (Å²) >= 11 is 3.03. The molecule has 0 aliphatic carbocycles. The second kappa shape index (κ2) is 7.77. The van der Waals surface area contributed by atoms with Crippen LogP contribution in [0, 0.1) is 0 Å². The Kier molecular flexibility index (Phi) is 5.19. The maximum atomic E-state index is 13.1. The lowest BCUT2D eigenvalue weighted by Crippen LogP contribution is -2.29. The van der Waals surface area contributed by atoms with Gasteiger partial charge >= 0.3 is 0 Å². The predicted molar refractivity (Wildman–Crippen MR) is 117 cm³/mol. The Hall–Kier alpha value is -2.64. The second-order valence-corrected chi connectivity index (χ2v) is 8.17. The molecule has 0 unspecified atom stereocenters. The van der Waals surface area contributed by atoms with Crippen molar-refractivity contribution >= 4 is 46.0 Å². The predicted octanol–water partition coefficient (Wildman–Crippen LogP) is 4.86. The highest BCUT2D eigenvalue weighted by molar-refractivity contribution is 8.19. The number of methoxy groups -OCH3 is 1. The fourth-order valence-corrected chi connectivity index (χ4v) is 5.33. The molecule has 0 saturated carbocycles. The number of aliphatic imine (C=N–C) groups is 1. The van der Waals surface area contributed by atoms with Gasteiger partial charge in [-0.1, -0.05) is 30.0 Å². The van der Waals surface area contributed by atoms with E-state index in [1.807, 2.05) is 43.4 Å². The van der Waals surface area contributed by atoms with E-state index in [9.17, 15) is 4.79 Å². The summed E-state index contributed by atoms with van der Waals surface area (Å²) in [7, 11) is 3.62. The molecule has 2 aromatic rings. The Labute approximate surface area is 172 Å². The van der Waals surface area contributed by atoms with E-state index in [1.165, 1.54) is 11.8 Å². The normalized spacial score (nSPS) is 20.1. The number of fused-ring (bicyclic) bond motifs is 1. The SMILES string of the molecule is C=CCN1C(=O)/C(=C2/Sc3ccccc3N2C)SC1=Nc1ccc(OC)cc1. The number of anilines is 1. The van der Waals surface area contributed by atoms with Gasteiger partial charge in [-0.15, -0.1) is 6.58 Å². The van der Waals surface area contributed by atoms with Crippen LogP contribution in [-0.4, -0.2) is 36.7 Å². The number of rotatable bonds is 4. The van der Waals surface area contributed by atoms with E-state index in [-0.39, 0.29) is 5.91 Å². The maximum absolute atomic E-state index is 13.1. The number of amidine groups is 1. The molecular formula is C21H19N3O2S2. The first-order valence-electron chi connectivity index (χ1n) is 8.70. The number of hydrogen-bond donors (Lipinski definition) is 0. The van der Waals surface area contributed by atoms with Gasteiger partial charge in [-0.2, -0.15) is 0 Å². The number of carbonyl (C=O) groups excluding carboxylic acids is 1. The van der Waals surface area contributed by atoms with Crippen molar-refractivity contribution in [3.63, 3.8) is 0 Å². The number of amides is 1. The molecule has 2 heterocycles. The number of hydrogen-bond acceptors (Lipinski definition) is 6. The number of thioether (sulfide) groups is 2. The van der Waals surface area contributed by atoms with Crippen molar-refractivity contribution in [2.24, 2.45) is 4.99 Å². The summed E-state index contributed by atoms with van der Waals surface area (Å²) in [5.41, 5.74) is 1.88. The fraction of sp³-hybridized carbons (Fsp3) is 0.143. The van der Waals surface area contributed by atoms with Crippen LogP contribution in [0.4, 0.5) is 11.4 Å². The van der Waals surface area contributed by atoms with Gasteiger partial charge in [-0.05, 0) is 48.2 Å². The highest BCUT2D eigenvalue weighted by atomic mass is 32.2. The first-order valence-corrected chi connectivity index (χ1v) is 10.3. The van der Waals surface area contributed by atoms with E-state index >= 15 is 0 Å².